The first kappa shape index (κ1) is 106. The fraction of sp³-hybridized carbons (Fsp3) is 0.613. The number of aliphatic hydroxyl groups excluding tert-OH is 1. The van der Waals surface area contributed by atoms with Gasteiger partial charge in [-0.3, -0.25) is 37.3 Å². The van der Waals surface area contributed by atoms with Crippen LogP contribution >= 0.6 is 15.6 Å². The lowest BCUT2D eigenvalue weighted by Gasteiger charge is -2.21. The van der Waals surface area contributed by atoms with Gasteiger partial charge in [-0.05, 0) is 180 Å². The zero-order valence-electron chi connectivity index (χ0n) is 69.5. The Morgan fingerprint density at radius 1 is 0.259 bits per heavy atom. The molecule has 5 unspecified atom stereocenters. The number of phosphoric ester groups is 2. The van der Waals surface area contributed by atoms with Crippen molar-refractivity contribution in [2.45, 2.75) is 329 Å². The molecule has 0 aliphatic heterocycles. The lowest BCUT2D eigenvalue weighted by atomic mass is 10.1. The Hall–Kier alpha value is -6.10. The van der Waals surface area contributed by atoms with Gasteiger partial charge in [-0.2, -0.15) is 0 Å². The Morgan fingerprint density at radius 2 is 0.482 bits per heavy atom. The van der Waals surface area contributed by atoms with Crippen molar-refractivity contribution in [2.24, 2.45) is 0 Å². The Balaban J connectivity index is 5.52. The van der Waals surface area contributed by atoms with Crippen molar-refractivity contribution in [3.63, 3.8) is 0 Å². The molecule has 0 aromatic carbocycles. The maximum atomic E-state index is 13.2. The summed E-state index contributed by atoms with van der Waals surface area (Å²) in [5.74, 6) is -2.36. The lowest BCUT2D eigenvalue weighted by molar-refractivity contribution is -0.161. The van der Waals surface area contributed by atoms with E-state index < -0.39 is 97.5 Å². The van der Waals surface area contributed by atoms with Crippen LogP contribution in [0.4, 0.5) is 0 Å². The molecule has 0 aromatic heterocycles. The second-order valence-electron chi connectivity index (χ2n) is 27.6. The summed E-state index contributed by atoms with van der Waals surface area (Å²) in [5, 5.41) is 10.7. The predicted molar refractivity (Wildman–Crippen MR) is 463 cm³/mol. The third-order valence-electron chi connectivity index (χ3n) is 17.0. The van der Waals surface area contributed by atoms with Crippen LogP contribution in [-0.2, 0) is 65.4 Å². The molecule has 19 heteroatoms. The van der Waals surface area contributed by atoms with Crippen LogP contribution in [0.2, 0.25) is 0 Å². The summed E-state index contributed by atoms with van der Waals surface area (Å²) in [6.07, 6.45) is 103. The zero-order valence-corrected chi connectivity index (χ0v) is 71.3. The fourth-order valence-corrected chi connectivity index (χ4v) is 12.2. The molecule has 0 rings (SSSR count). The van der Waals surface area contributed by atoms with Crippen molar-refractivity contribution in [2.75, 3.05) is 39.6 Å². The highest BCUT2D eigenvalue weighted by Crippen LogP contribution is 2.45. The maximum absolute atomic E-state index is 13.2. The van der Waals surface area contributed by atoms with Crippen LogP contribution in [0.25, 0.3) is 0 Å². The van der Waals surface area contributed by atoms with E-state index in [-0.39, 0.29) is 25.7 Å². The predicted octanol–water partition coefficient (Wildman–Crippen LogP) is 25.7. The van der Waals surface area contributed by atoms with Crippen molar-refractivity contribution >= 4 is 39.5 Å². The molecule has 0 heterocycles. The second-order valence-corrected chi connectivity index (χ2v) is 30.6. The van der Waals surface area contributed by atoms with E-state index in [0.29, 0.717) is 38.5 Å². The number of allylic oxidation sites excluding steroid dienone is 32. The molecule has 0 aromatic rings. The molecule has 0 saturated heterocycles. The average Bonchev–Trinajstić information content (AvgIpc) is 0.898. The van der Waals surface area contributed by atoms with E-state index in [4.69, 9.17) is 37.0 Å². The maximum Gasteiger partial charge on any atom is 0.472 e. The number of aliphatic hydroxyl groups is 1. The summed E-state index contributed by atoms with van der Waals surface area (Å²) in [6.45, 7) is 4.42. The number of phosphoric acid groups is 2. The summed E-state index contributed by atoms with van der Waals surface area (Å²) in [5.41, 5.74) is 0. The van der Waals surface area contributed by atoms with Crippen molar-refractivity contribution in [3.05, 3.63) is 194 Å². The Kier molecular flexibility index (Phi) is 78.4. The number of esters is 4. The lowest BCUT2D eigenvalue weighted by Crippen LogP contribution is -2.30. The highest BCUT2D eigenvalue weighted by atomic mass is 31.2. The van der Waals surface area contributed by atoms with Gasteiger partial charge in [0.1, 0.15) is 19.3 Å². The molecule has 0 bridgehead atoms. The first-order chi connectivity index (χ1) is 54.7. The van der Waals surface area contributed by atoms with Crippen LogP contribution in [0.1, 0.15) is 310 Å². The highest BCUT2D eigenvalue weighted by molar-refractivity contribution is 7.47. The van der Waals surface area contributed by atoms with Gasteiger partial charge in [-0.1, -0.05) is 299 Å². The molecule has 3 N–H and O–H groups in total. The molecule has 0 aliphatic carbocycles. The number of hydrogen-bond donors (Lipinski definition) is 3. The van der Waals surface area contributed by atoms with E-state index in [2.05, 4.69) is 204 Å². The van der Waals surface area contributed by atoms with E-state index in [9.17, 15) is 43.2 Å². The van der Waals surface area contributed by atoms with Crippen molar-refractivity contribution in [3.8, 4) is 0 Å². The molecule has 0 amide bonds. The van der Waals surface area contributed by atoms with Crippen molar-refractivity contribution in [1.29, 1.82) is 0 Å². The smallest absolute Gasteiger partial charge is 0.462 e. The number of carbonyl (C=O) groups is 4. The Morgan fingerprint density at radius 3 is 0.786 bits per heavy atom. The van der Waals surface area contributed by atoms with Crippen LogP contribution < -0.4 is 0 Å². The molecule has 0 aliphatic rings. The molecule has 5 atom stereocenters. The van der Waals surface area contributed by atoms with Gasteiger partial charge in [0.2, 0.25) is 0 Å². The van der Waals surface area contributed by atoms with Gasteiger partial charge in [-0.15, -0.1) is 0 Å². The second kappa shape index (κ2) is 82.9. The minimum Gasteiger partial charge on any atom is -0.462 e. The zero-order chi connectivity index (χ0) is 81.7. The van der Waals surface area contributed by atoms with Crippen LogP contribution in [0.15, 0.2) is 194 Å². The van der Waals surface area contributed by atoms with Crippen LogP contribution in [0.5, 0.6) is 0 Å². The topological polar surface area (TPSA) is 237 Å². The molecule has 112 heavy (non-hydrogen) atoms. The highest BCUT2D eigenvalue weighted by Gasteiger charge is 2.30. The molecular formula is C93H150O17P2. The first-order valence-electron chi connectivity index (χ1n) is 42.7. The van der Waals surface area contributed by atoms with Gasteiger partial charge >= 0.3 is 39.5 Å². The summed E-state index contributed by atoms with van der Waals surface area (Å²) in [7, 11) is -10.0. The minimum atomic E-state index is -5.02. The van der Waals surface area contributed by atoms with E-state index in [1.54, 1.807) is 0 Å². The fourth-order valence-electron chi connectivity index (χ4n) is 10.6. The standard InChI is InChI=1S/C93H150O17P2/c1-5-9-13-17-21-25-29-33-37-40-43-46-50-53-57-61-65-69-73-77-90(95)103-83-88(109-92(97)79-75-71-67-63-59-55-49-36-32-28-24-20-16-12-8-4)85-107-111(99,100)105-81-87(94)82-106-112(101,102)108-86-89(110-93(98)80-76-72-68-64-60-56-52-48-45-42-39-35-31-27-23-19-15-11-7-3)84-104-91(96)78-74-70-66-62-58-54-51-47-44-41-38-34-30-26-22-18-14-10-6-2/h9,12-13,16,21-28,33-39,43-49,53,57,59,63,65,69,87-89,94H,5-8,10-11,14-15,17-20,29-32,40-42,50-52,54-56,58,60-62,64,66-68,70-86H2,1-4H3,(H,99,100)(H,101,102)/b13-9-,16-12-,25-21-,26-22-,27-23-,28-24-,37-33-,38-34-,39-35-,46-43-,47-44-,48-45-,49-36-,57-53-,63-59-,69-65-. The molecular weight excluding hydrogens is 1450 g/mol. The number of hydrogen-bond acceptors (Lipinski definition) is 15. The average molecular weight is 1600 g/mol. The van der Waals surface area contributed by atoms with Crippen LogP contribution in [0, 0.1) is 0 Å². The molecule has 0 saturated carbocycles. The molecule has 17 nitrogen and oxygen atoms in total. The van der Waals surface area contributed by atoms with Crippen LogP contribution in [0.3, 0.4) is 0 Å². The molecule has 0 fully saturated rings. The Bertz CT molecular complexity index is 2890. The molecule has 0 radical (unpaired) electrons. The van der Waals surface area contributed by atoms with E-state index in [0.717, 1.165) is 180 Å². The Labute approximate surface area is 678 Å². The first-order valence-corrected chi connectivity index (χ1v) is 45.7. The van der Waals surface area contributed by atoms with Crippen molar-refractivity contribution in [1.82, 2.24) is 0 Å². The number of unbranched alkanes of at least 4 members (excludes halogenated alkanes) is 20. The van der Waals surface area contributed by atoms with Crippen molar-refractivity contribution < 1.29 is 80.2 Å². The van der Waals surface area contributed by atoms with Gasteiger partial charge in [-0.25, -0.2) is 9.13 Å². The number of ether oxygens (including phenoxy) is 4. The number of carbonyl (C=O) groups excluding carboxylic acids is 4. The van der Waals surface area contributed by atoms with Gasteiger partial charge in [0.05, 0.1) is 26.4 Å². The SMILES string of the molecule is CC/C=C\C/C=C\C/C=C\C/C=C\C/C=C\C/C=C\CCC(=O)OCC(COP(=O)(O)OCC(O)COP(=O)(O)OCC(COC(=O)CCCCCCCC/C=C\C/C=C\C/C=C\CCCCC)OC(=O)CCCCCCCC/C=C\C/C=C\C/C=C\CCCCC)OC(=O)CCCC/C=C\C/C=C\C/C=C\C/C=C\CC. The number of rotatable bonds is 78. The molecule has 0 spiro atoms. The van der Waals surface area contributed by atoms with Gasteiger partial charge in [0.25, 0.3) is 0 Å². The largest absolute Gasteiger partial charge is 0.472 e. The van der Waals surface area contributed by atoms with Gasteiger partial charge in [0, 0.05) is 25.7 Å². The van der Waals surface area contributed by atoms with E-state index in [1.807, 2.05) is 18.2 Å². The summed E-state index contributed by atoms with van der Waals surface area (Å²) < 4.78 is 68.7. The summed E-state index contributed by atoms with van der Waals surface area (Å²) >= 11 is 0. The van der Waals surface area contributed by atoms with Gasteiger partial charge in [0.15, 0.2) is 12.2 Å². The third-order valence-corrected chi connectivity index (χ3v) is 18.9. The van der Waals surface area contributed by atoms with Gasteiger partial charge < -0.3 is 33.8 Å². The quantitative estimate of drug-likeness (QED) is 0.0169. The summed E-state index contributed by atoms with van der Waals surface area (Å²) in [6, 6.07) is 0. The normalized spacial score (nSPS) is 14.7. The third kappa shape index (κ3) is 81.9. The van der Waals surface area contributed by atoms with Crippen LogP contribution in [-0.4, -0.2) is 96.7 Å². The van der Waals surface area contributed by atoms with E-state index in [1.165, 1.54) is 38.5 Å². The monoisotopic (exact) mass is 1600 g/mol. The van der Waals surface area contributed by atoms with E-state index >= 15 is 0 Å². The minimum absolute atomic E-state index is 0.0186. The summed E-state index contributed by atoms with van der Waals surface area (Å²) in [4.78, 5) is 73.2. The molecule has 634 valence electrons.